The van der Waals surface area contributed by atoms with E-state index in [0.717, 1.165) is 17.7 Å². The van der Waals surface area contributed by atoms with Gasteiger partial charge in [0.05, 0.1) is 11.6 Å². The molecule has 0 spiro atoms. The summed E-state index contributed by atoms with van der Waals surface area (Å²) in [5, 5.41) is 2.48. The Labute approximate surface area is 153 Å². The number of amides is 2. The van der Waals surface area contributed by atoms with Gasteiger partial charge in [-0.05, 0) is 24.1 Å². The maximum atomic E-state index is 12.8. The number of nitrogens with one attached hydrogen (secondary N) is 3. The molecule has 3 fully saturated rings. The fraction of sp³-hybridized carbons (Fsp3) is 0.529. The molecule has 4 unspecified atom stereocenters. The largest absolute Gasteiger partial charge is 0.447 e. The van der Waals surface area contributed by atoms with Crippen LogP contribution >= 0.6 is 0 Å². The van der Waals surface area contributed by atoms with Crippen LogP contribution in [0.15, 0.2) is 24.3 Å². The molecule has 1 aromatic rings. The lowest BCUT2D eigenvalue weighted by Crippen LogP contribution is -2.53. The van der Waals surface area contributed by atoms with E-state index in [2.05, 4.69) is 16.2 Å². The Hall–Kier alpha value is -2.33. The highest BCUT2D eigenvalue weighted by Gasteiger charge is 2.43. The predicted octanol–water partition coefficient (Wildman–Crippen LogP) is 1.18. The van der Waals surface area contributed by atoms with Gasteiger partial charge < -0.3 is 15.0 Å². The molecule has 4 atom stereocenters. The number of halogens is 3. The molecule has 4 rings (SSSR count). The number of carbonyl (C=O) groups is 2. The van der Waals surface area contributed by atoms with Gasteiger partial charge in [0.2, 0.25) is 5.91 Å². The van der Waals surface area contributed by atoms with E-state index in [-0.39, 0.29) is 30.5 Å². The standard InChI is InChI=1S/C17H19F3N4O3/c18-17(19,20)10-3-1-9(2-4-10)14-11-7-24(6-5-12(11)22-23-14)15(25)13-8-27-16(26)21-13/h1-4,11-14,22-23H,5-8H2,(H,21,26). The summed E-state index contributed by atoms with van der Waals surface area (Å²) in [6.45, 7) is 1.00. The van der Waals surface area contributed by atoms with Crippen molar-refractivity contribution >= 4 is 12.0 Å². The van der Waals surface area contributed by atoms with E-state index in [0.29, 0.717) is 19.5 Å². The maximum Gasteiger partial charge on any atom is 0.416 e. The Balaban J connectivity index is 1.47. The van der Waals surface area contributed by atoms with Crippen LogP contribution in [0, 0.1) is 5.92 Å². The number of carbonyl (C=O) groups excluding carboxylic acids is 2. The second-order valence-corrected chi connectivity index (χ2v) is 7.02. The van der Waals surface area contributed by atoms with Crippen LogP contribution < -0.4 is 16.2 Å². The van der Waals surface area contributed by atoms with Crippen molar-refractivity contribution in [3.63, 3.8) is 0 Å². The third kappa shape index (κ3) is 3.46. The molecule has 0 radical (unpaired) electrons. The van der Waals surface area contributed by atoms with Crippen molar-refractivity contribution in [3.05, 3.63) is 35.4 Å². The van der Waals surface area contributed by atoms with E-state index in [1.807, 2.05) is 0 Å². The molecule has 0 bridgehead atoms. The number of fused-ring (bicyclic) bond motifs is 1. The van der Waals surface area contributed by atoms with E-state index < -0.39 is 23.9 Å². The van der Waals surface area contributed by atoms with Crippen molar-refractivity contribution < 1.29 is 27.5 Å². The van der Waals surface area contributed by atoms with Gasteiger partial charge in [-0.3, -0.25) is 10.2 Å². The first-order chi connectivity index (χ1) is 12.8. The third-order valence-corrected chi connectivity index (χ3v) is 5.39. The van der Waals surface area contributed by atoms with Gasteiger partial charge in [0, 0.05) is 25.0 Å². The topological polar surface area (TPSA) is 82.7 Å². The van der Waals surface area contributed by atoms with E-state index in [9.17, 15) is 22.8 Å². The quantitative estimate of drug-likeness (QED) is 0.713. The molecular formula is C17H19F3N4O3. The predicted molar refractivity (Wildman–Crippen MR) is 87.2 cm³/mol. The lowest BCUT2D eigenvalue weighted by atomic mass is 9.84. The molecular weight excluding hydrogens is 365 g/mol. The highest BCUT2D eigenvalue weighted by molar-refractivity contribution is 5.88. The van der Waals surface area contributed by atoms with Crippen molar-refractivity contribution in [2.75, 3.05) is 19.7 Å². The van der Waals surface area contributed by atoms with Crippen LogP contribution in [-0.2, 0) is 15.7 Å². The van der Waals surface area contributed by atoms with Gasteiger partial charge in [-0.1, -0.05) is 12.1 Å². The molecule has 0 saturated carbocycles. The number of hydrogen-bond acceptors (Lipinski definition) is 5. The molecule has 1 aromatic carbocycles. The van der Waals surface area contributed by atoms with Gasteiger partial charge in [-0.15, -0.1) is 0 Å². The van der Waals surface area contributed by atoms with E-state index >= 15 is 0 Å². The minimum atomic E-state index is -4.37. The summed E-state index contributed by atoms with van der Waals surface area (Å²) >= 11 is 0. The van der Waals surface area contributed by atoms with E-state index in [4.69, 9.17) is 4.74 Å². The van der Waals surface area contributed by atoms with Gasteiger partial charge in [0.1, 0.15) is 12.6 Å². The summed E-state index contributed by atoms with van der Waals surface area (Å²) in [7, 11) is 0. The van der Waals surface area contributed by atoms with Crippen LogP contribution in [-0.4, -0.2) is 48.7 Å². The van der Waals surface area contributed by atoms with Crippen LogP contribution in [0.25, 0.3) is 0 Å². The monoisotopic (exact) mass is 384 g/mol. The Bertz CT molecular complexity index is 740. The number of cyclic esters (lactones) is 1. The number of benzene rings is 1. The number of alkyl carbamates (subject to hydrolysis) is 1. The average Bonchev–Trinajstić information content (AvgIpc) is 3.26. The molecule has 10 heteroatoms. The minimum absolute atomic E-state index is 0.0115. The molecule has 2 amide bonds. The Morgan fingerprint density at radius 3 is 2.56 bits per heavy atom. The van der Waals surface area contributed by atoms with Gasteiger partial charge in [0.25, 0.3) is 0 Å². The number of hydrazine groups is 1. The highest BCUT2D eigenvalue weighted by atomic mass is 19.4. The van der Waals surface area contributed by atoms with E-state index in [1.54, 1.807) is 4.90 Å². The normalized spacial score (nSPS) is 30.6. The summed E-state index contributed by atoms with van der Waals surface area (Å²) in [5.41, 5.74) is 6.37. The van der Waals surface area contributed by atoms with Gasteiger partial charge in [-0.2, -0.15) is 13.2 Å². The zero-order valence-corrected chi connectivity index (χ0v) is 14.3. The first-order valence-electron chi connectivity index (χ1n) is 8.73. The van der Waals surface area contributed by atoms with Gasteiger partial charge >= 0.3 is 12.3 Å². The number of alkyl halides is 3. The van der Waals surface area contributed by atoms with Crippen LogP contribution in [0.1, 0.15) is 23.6 Å². The molecule has 0 aromatic heterocycles. The summed E-state index contributed by atoms with van der Waals surface area (Å²) in [4.78, 5) is 25.4. The molecule has 0 aliphatic carbocycles. The van der Waals surface area contributed by atoms with Gasteiger partial charge in [0.15, 0.2) is 0 Å². The molecule has 3 N–H and O–H groups in total. The maximum absolute atomic E-state index is 12.8. The SMILES string of the molecule is O=C1NC(C(=O)N2CCC3NNC(c4ccc(C(F)(F)F)cc4)C3C2)CO1. The lowest BCUT2D eigenvalue weighted by molar-refractivity contribution is -0.137. The van der Waals surface area contributed by atoms with Crippen molar-refractivity contribution in [1.29, 1.82) is 0 Å². The molecule has 27 heavy (non-hydrogen) atoms. The van der Waals surface area contributed by atoms with Crippen molar-refractivity contribution in [2.24, 2.45) is 5.92 Å². The molecule has 7 nitrogen and oxygen atoms in total. The first-order valence-corrected chi connectivity index (χ1v) is 8.73. The summed E-state index contributed by atoms with van der Waals surface area (Å²) in [6.07, 6.45) is -4.26. The Morgan fingerprint density at radius 1 is 1.19 bits per heavy atom. The minimum Gasteiger partial charge on any atom is -0.447 e. The molecule has 3 saturated heterocycles. The van der Waals surface area contributed by atoms with Crippen LogP contribution in [0.4, 0.5) is 18.0 Å². The fourth-order valence-corrected chi connectivity index (χ4v) is 3.95. The number of hydrogen-bond donors (Lipinski definition) is 3. The summed E-state index contributed by atoms with van der Waals surface area (Å²) < 4.78 is 43.1. The third-order valence-electron chi connectivity index (χ3n) is 5.39. The molecule has 3 aliphatic heterocycles. The smallest absolute Gasteiger partial charge is 0.416 e. The van der Waals surface area contributed by atoms with Crippen LogP contribution in [0.5, 0.6) is 0 Å². The van der Waals surface area contributed by atoms with Crippen molar-refractivity contribution in [2.45, 2.75) is 30.7 Å². The van der Waals surface area contributed by atoms with Crippen LogP contribution in [0.2, 0.25) is 0 Å². The lowest BCUT2D eigenvalue weighted by Gasteiger charge is -2.37. The summed E-state index contributed by atoms with van der Waals surface area (Å²) in [6, 6.07) is 4.31. The van der Waals surface area contributed by atoms with E-state index in [1.165, 1.54) is 12.1 Å². The first kappa shape index (κ1) is 18.1. The van der Waals surface area contributed by atoms with Gasteiger partial charge in [-0.25, -0.2) is 10.2 Å². The number of nitrogens with zero attached hydrogens (tertiary/aromatic N) is 1. The number of rotatable bonds is 2. The molecule has 3 heterocycles. The van der Waals surface area contributed by atoms with Crippen molar-refractivity contribution in [3.8, 4) is 0 Å². The number of likely N-dealkylation sites (tertiary alicyclic amines) is 1. The number of piperidine rings is 1. The molecule has 146 valence electrons. The second-order valence-electron chi connectivity index (χ2n) is 7.02. The Morgan fingerprint density at radius 2 is 1.93 bits per heavy atom. The Kier molecular flexibility index (Phi) is 4.47. The average molecular weight is 384 g/mol. The zero-order chi connectivity index (χ0) is 19.2. The zero-order valence-electron chi connectivity index (χ0n) is 14.3. The second kappa shape index (κ2) is 6.68. The van der Waals surface area contributed by atoms with Crippen LogP contribution in [0.3, 0.4) is 0 Å². The van der Waals surface area contributed by atoms with Crippen molar-refractivity contribution in [1.82, 2.24) is 21.1 Å². The molecule has 3 aliphatic rings. The number of ether oxygens (including phenoxy) is 1. The summed E-state index contributed by atoms with van der Waals surface area (Å²) in [5.74, 6) is -0.185. The fourth-order valence-electron chi connectivity index (χ4n) is 3.95. The highest BCUT2D eigenvalue weighted by Crippen LogP contribution is 2.36.